The maximum Gasteiger partial charge on any atom is 0.0600 e. The van der Waals surface area contributed by atoms with Crippen molar-refractivity contribution in [2.75, 3.05) is 13.1 Å². The Morgan fingerprint density at radius 3 is 2.81 bits per heavy atom. The number of halogens is 1. The van der Waals surface area contributed by atoms with E-state index in [0.717, 1.165) is 11.0 Å². The van der Waals surface area contributed by atoms with Gasteiger partial charge in [-0.1, -0.05) is 12.1 Å². The number of likely N-dealkylation sites (tertiary alicyclic amines) is 1. The summed E-state index contributed by atoms with van der Waals surface area (Å²) < 4.78 is 1.15. The zero-order chi connectivity index (χ0) is 11.0. The lowest BCUT2D eigenvalue weighted by molar-refractivity contribution is 0.328. The third-order valence-electron chi connectivity index (χ3n) is 3.25. The summed E-state index contributed by atoms with van der Waals surface area (Å²) in [5.41, 5.74) is 2.54. The fourth-order valence-corrected chi connectivity index (χ4v) is 2.92. The van der Waals surface area contributed by atoms with Crippen LogP contribution in [-0.4, -0.2) is 23.0 Å². The summed E-state index contributed by atoms with van der Waals surface area (Å²) in [4.78, 5) is 6.01. The normalized spacial score (nSPS) is 17.3. The first-order valence-corrected chi connectivity index (χ1v) is 6.61. The second-order valence-electron chi connectivity index (χ2n) is 4.48. The van der Waals surface area contributed by atoms with Crippen molar-refractivity contribution in [2.45, 2.75) is 19.4 Å². The van der Waals surface area contributed by atoms with Crippen LogP contribution in [0.2, 0.25) is 0 Å². The van der Waals surface area contributed by atoms with Gasteiger partial charge in [0, 0.05) is 22.1 Å². The summed E-state index contributed by atoms with van der Waals surface area (Å²) in [5.74, 6) is 0. The Bertz CT molecular complexity index is 498. The largest absolute Gasteiger partial charge is 0.356 e. The van der Waals surface area contributed by atoms with Gasteiger partial charge in [0.1, 0.15) is 0 Å². The molecule has 1 aliphatic heterocycles. The van der Waals surface area contributed by atoms with E-state index in [-0.39, 0.29) is 0 Å². The zero-order valence-corrected chi connectivity index (χ0v) is 10.8. The number of H-pyrrole nitrogens is 1. The third-order valence-corrected chi connectivity index (χ3v) is 3.91. The molecule has 2 heterocycles. The van der Waals surface area contributed by atoms with E-state index in [9.17, 15) is 0 Å². The molecular formula is C13H15BrN2. The Morgan fingerprint density at radius 1 is 1.25 bits per heavy atom. The molecule has 0 radical (unpaired) electrons. The van der Waals surface area contributed by atoms with Gasteiger partial charge in [-0.3, -0.25) is 4.90 Å². The van der Waals surface area contributed by atoms with Gasteiger partial charge < -0.3 is 4.98 Å². The molecule has 16 heavy (non-hydrogen) atoms. The van der Waals surface area contributed by atoms with E-state index < -0.39 is 0 Å². The van der Waals surface area contributed by atoms with Crippen LogP contribution in [0.15, 0.2) is 28.7 Å². The Morgan fingerprint density at radius 2 is 2.06 bits per heavy atom. The van der Waals surface area contributed by atoms with Gasteiger partial charge in [-0.25, -0.2) is 0 Å². The molecule has 1 aromatic heterocycles. The monoisotopic (exact) mass is 278 g/mol. The summed E-state index contributed by atoms with van der Waals surface area (Å²) in [6.45, 7) is 3.55. The highest BCUT2D eigenvalue weighted by Gasteiger charge is 2.13. The zero-order valence-electron chi connectivity index (χ0n) is 9.17. The van der Waals surface area contributed by atoms with E-state index in [1.165, 1.54) is 42.5 Å². The molecule has 1 aromatic carbocycles. The number of aromatic amines is 1. The number of nitrogens with zero attached hydrogens (tertiary/aromatic N) is 1. The van der Waals surface area contributed by atoms with Gasteiger partial charge in [0.15, 0.2) is 0 Å². The van der Waals surface area contributed by atoms with Gasteiger partial charge in [-0.15, -0.1) is 0 Å². The number of aromatic nitrogens is 1. The topological polar surface area (TPSA) is 19.0 Å². The Kier molecular flexibility index (Phi) is 2.74. The predicted octanol–water partition coefficient (Wildman–Crippen LogP) is 3.53. The molecular weight excluding hydrogens is 264 g/mol. The van der Waals surface area contributed by atoms with Crippen molar-refractivity contribution in [3.8, 4) is 0 Å². The molecule has 0 amide bonds. The molecule has 0 bridgehead atoms. The highest BCUT2D eigenvalue weighted by molar-refractivity contribution is 9.10. The molecule has 2 aromatic rings. The average molecular weight is 279 g/mol. The molecule has 2 nitrogen and oxygen atoms in total. The van der Waals surface area contributed by atoms with Crippen molar-refractivity contribution < 1.29 is 0 Å². The summed E-state index contributed by atoms with van der Waals surface area (Å²) in [6, 6.07) is 8.58. The molecule has 84 valence electrons. The number of hydrogen-bond acceptors (Lipinski definition) is 1. The number of fused-ring (bicyclic) bond motifs is 1. The number of benzene rings is 1. The van der Waals surface area contributed by atoms with Crippen molar-refractivity contribution in [2.24, 2.45) is 0 Å². The van der Waals surface area contributed by atoms with E-state index in [4.69, 9.17) is 0 Å². The van der Waals surface area contributed by atoms with Crippen molar-refractivity contribution in [3.05, 3.63) is 34.4 Å². The summed E-state index contributed by atoms with van der Waals surface area (Å²) in [5, 5.41) is 1.29. The van der Waals surface area contributed by atoms with Crippen LogP contribution in [0.4, 0.5) is 0 Å². The van der Waals surface area contributed by atoms with E-state index >= 15 is 0 Å². The maximum absolute atomic E-state index is 3.58. The lowest BCUT2D eigenvalue weighted by Gasteiger charge is -2.12. The van der Waals surface area contributed by atoms with E-state index in [2.05, 4.69) is 50.1 Å². The quantitative estimate of drug-likeness (QED) is 0.891. The maximum atomic E-state index is 3.58. The average Bonchev–Trinajstić information content (AvgIpc) is 2.88. The molecule has 1 aliphatic rings. The summed E-state index contributed by atoms with van der Waals surface area (Å²) >= 11 is 3.58. The van der Waals surface area contributed by atoms with E-state index in [1.807, 2.05) is 0 Å². The fraction of sp³-hybridized carbons (Fsp3) is 0.385. The lowest BCUT2D eigenvalue weighted by atomic mass is 10.2. The third kappa shape index (κ3) is 1.89. The van der Waals surface area contributed by atoms with Gasteiger partial charge in [-0.05, 0) is 54.0 Å². The fourth-order valence-electron chi connectivity index (χ4n) is 2.44. The van der Waals surface area contributed by atoms with Crippen LogP contribution in [0, 0.1) is 0 Å². The molecule has 3 rings (SSSR count). The van der Waals surface area contributed by atoms with Gasteiger partial charge in [0.25, 0.3) is 0 Å². The second-order valence-corrected chi connectivity index (χ2v) is 5.34. The Hall–Kier alpha value is -0.800. The lowest BCUT2D eigenvalue weighted by Crippen LogP contribution is -2.18. The van der Waals surface area contributed by atoms with Gasteiger partial charge in [0.2, 0.25) is 0 Å². The van der Waals surface area contributed by atoms with Crippen LogP contribution < -0.4 is 0 Å². The van der Waals surface area contributed by atoms with Crippen LogP contribution in [-0.2, 0) is 6.54 Å². The summed E-state index contributed by atoms with van der Waals surface area (Å²) in [7, 11) is 0. The number of hydrogen-bond donors (Lipinski definition) is 1. The molecule has 0 atom stereocenters. The highest BCUT2D eigenvalue weighted by atomic mass is 79.9. The van der Waals surface area contributed by atoms with Crippen LogP contribution in [0.25, 0.3) is 10.9 Å². The minimum atomic E-state index is 1.06. The van der Waals surface area contributed by atoms with Crippen molar-refractivity contribution >= 4 is 26.8 Å². The van der Waals surface area contributed by atoms with Crippen molar-refractivity contribution in [1.82, 2.24) is 9.88 Å². The molecule has 0 unspecified atom stereocenters. The van der Waals surface area contributed by atoms with Crippen LogP contribution in [0.1, 0.15) is 18.5 Å². The van der Waals surface area contributed by atoms with E-state index in [0.29, 0.717) is 0 Å². The molecule has 1 saturated heterocycles. The number of para-hydroxylation sites is 1. The first kappa shape index (κ1) is 10.4. The van der Waals surface area contributed by atoms with Crippen LogP contribution in [0.5, 0.6) is 0 Å². The number of nitrogens with one attached hydrogen (secondary N) is 1. The minimum absolute atomic E-state index is 1.06. The standard InChI is InChI=1S/C13H15BrN2/c14-12-5-3-4-10-8-11(15-13(10)12)9-16-6-1-2-7-16/h3-5,8,15H,1-2,6-7,9H2. The molecule has 0 aliphatic carbocycles. The molecule has 1 fully saturated rings. The van der Waals surface area contributed by atoms with Gasteiger partial charge in [-0.2, -0.15) is 0 Å². The van der Waals surface area contributed by atoms with Crippen molar-refractivity contribution in [3.63, 3.8) is 0 Å². The first-order chi connectivity index (χ1) is 7.83. The smallest absolute Gasteiger partial charge is 0.0600 e. The van der Waals surface area contributed by atoms with E-state index in [1.54, 1.807) is 0 Å². The molecule has 1 N–H and O–H groups in total. The Balaban J connectivity index is 1.90. The Labute approximate surface area is 104 Å². The van der Waals surface area contributed by atoms with Gasteiger partial charge >= 0.3 is 0 Å². The predicted molar refractivity (Wildman–Crippen MR) is 70.5 cm³/mol. The van der Waals surface area contributed by atoms with Gasteiger partial charge in [0.05, 0.1) is 5.52 Å². The molecule has 0 saturated carbocycles. The molecule has 0 spiro atoms. The summed E-state index contributed by atoms with van der Waals surface area (Å²) in [6.07, 6.45) is 2.70. The van der Waals surface area contributed by atoms with Crippen molar-refractivity contribution in [1.29, 1.82) is 0 Å². The highest BCUT2D eigenvalue weighted by Crippen LogP contribution is 2.24. The molecule has 3 heteroatoms. The number of rotatable bonds is 2. The van der Waals surface area contributed by atoms with Crippen LogP contribution in [0.3, 0.4) is 0 Å². The minimum Gasteiger partial charge on any atom is -0.356 e. The first-order valence-electron chi connectivity index (χ1n) is 5.81. The van der Waals surface area contributed by atoms with Crippen LogP contribution >= 0.6 is 15.9 Å². The second kappa shape index (κ2) is 4.22. The SMILES string of the molecule is Brc1cccc2cc(CN3CCCC3)[nH]c12.